The van der Waals surface area contributed by atoms with E-state index in [9.17, 15) is 0 Å². The molecule has 2 aliphatic rings. The highest BCUT2D eigenvalue weighted by atomic mass is 127. The lowest BCUT2D eigenvalue weighted by Crippen LogP contribution is -2.72. The van der Waals surface area contributed by atoms with Gasteiger partial charge in [0.05, 0.1) is 6.54 Å². The van der Waals surface area contributed by atoms with Gasteiger partial charge in [0.2, 0.25) is 0 Å². The normalized spacial score (nSPS) is 27.3. The fourth-order valence-electron chi connectivity index (χ4n) is 3.50. The molecule has 0 aromatic rings. The third-order valence-corrected chi connectivity index (χ3v) is 5.83. The molecule has 5 heteroatoms. The van der Waals surface area contributed by atoms with Crippen molar-refractivity contribution in [2.45, 2.75) is 66.0 Å². The highest BCUT2D eigenvalue weighted by Crippen LogP contribution is 2.46. The Kier molecular flexibility index (Phi) is 6.99. The summed E-state index contributed by atoms with van der Waals surface area (Å²) >= 11 is 0. The predicted octanol–water partition coefficient (Wildman–Crippen LogP) is 3.17. The zero-order chi connectivity index (χ0) is 15.7. The first-order chi connectivity index (χ1) is 9.83. The second kappa shape index (κ2) is 7.69. The van der Waals surface area contributed by atoms with E-state index >= 15 is 0 Å². The topological polar surface area (TPSA) is 30.9 Å². The van der Waals surface area contributed by atoms with E-state index < -0.39 is 0 Å². The van der Waals surface area contributed by atoms with Crippen LogP contribution in [0, 0.1) is 5.41 Å². The molecule has 4 nitrogen and oxygen atoms in total. The monoisotopic (exact) mass is 422 g/mol. The van der Waals surface area contributed by atoms with Crippen LogP contribution in [-0.4, -0.2) is 60.1 Å². The zero-order valence-corrected chi connectivity index (χ0v) is 17.6. The largest absolute Gasteiger partial charge is 0.356 e. The molecule has 2 aliphatic heterocycles. The molecule has 1 N–H and O–H groups in total. The Morgan fingerprint density at radius 2 is 1.91 bits per heavy atom. The third kappa shape index (κ3) is 3.71. The SMILES string of the molecule is CCNC(=NCC1CCCN1CC)N1CC(C)(C)C1(C)C.I. The van der Waals surface area contributed by atoms with E-state index in [1.54, 1.807) is 0 Å². The van der Waals surface area contributed by atoms with Gasteiger partial charge in [-0.3, -0.25) is 9.89 Å². The van der Waals surface area contributed by atoms with Gasteiger partial charge >= 0.3 is 0 Å². The van der Waals surface area contributed by atoms with E-state index in [1.165, 1.54) is 19.4 Å². The number of rotatable bonds is 4. The summed E-state index contributed by atoms with van der Waals surface area (Å²) in [6.07, 6.45) is 2.62. The van der Waals surface area contributed by atoms with Gasteiger partial charge in [-0.2, -0.15) is 0 Å². The number of guanidine groups is 1. The minimum absolute atomic E-state index is 0. The molecule has 2 saturated heterocycles. The minimum atomic E-state index is 0. The number of hydrogen-bond donors (Lipinski definition) is 1. The highest BCUT2D eigenvalue weighted by Gasteiger charge is 2.53. The van der Waals surface area contributed by atoms with Crippen molar-refractivity contribution >= 4 is 29.9 Å². The van der Waals surface area contributed by atoms with Crippen molar-refractivity contribution in [3.8, 4) is 0 Å². The molecule has 2 rings (SSSR count). The minimum Gasteiger partial charge on any atom is -0.356 e. The van der Waals surface area contributed by atoms with E-state index in [0.717, 1.165) is 32.1 Å². The molecule has 0 aliphatic carbocycles. The number of nitrogens with zero attached hydrogens (tertiary/aromatic N) is 3. The first-order valence-corrected chi connectivity index (χ1v) is 8.63. The van der Waals surface area contributed by atoms with Crippen molar-refractivity contribution in [2.24, 2.45) is 10.4 Å². The van der Waals surface area contributed by atoms with E-state index in [2.05, 4.69) is 56.7 Å². The number of hydrogen-bond acceptors (Lipinski definition) is 2. The van der Waals surface area contributed by atoms with Gasteiger partial charge in [0.1, 0.15) is 0 Å². The van der Waals surface area contributed by atoms with E-state index in [4.69, 9.17) is 4.99 Å². The van der Waals surface area contributed by atoms with Crippen LogP contribution in [0.2, 0.25) is 0 Å². The predicted molar refractivity (Wildman–Crippen MR) is 106 cm³/mol. The first-order valence-electron chi connectivity index (χ1n) is 8.63. The molecule has 22 heavy (non-hydrogen) atoms. The zero-order valence-electron chi connectivity index (χ0n) is 15.3. The third-order valence-electron chi connectivity index (χ3n) is 5.83. The average molecular weight is 422 g/mol. The quantitative estimate of drug-likeness (QED) is 0.429. The van der Waals surface area contributed by atoms with Gasteiger partial charge in [0.15, 0.2) is 5.96 Å². The van der Waals surface area contributed by atoms with Crippen molar-refractivity contribution in [2.75, 3.05) is 32.7 Å². The fraction of sp³-hybridized carbons (Fsp3) is 0.941. The molecule has 0 aromatic heterocycles. The lowest BCUT2D eigenvalue weighted by molar-refractivity contribution is -0.0668. The molecule has 1 atom stereocenters. The summed E-state index contributed by atoms with van der Waals surface area (Å²) in [5.74, 6) is 1.10. The van der Waals surface area contributed by atoms with Crippen LogP contribution in [-0.2, 0) is 0 Å². The van der Waals surface area contributed by atoms with Crippen molar-refractivity contribution in [1.29, 1.82) is 0 Å². The van der Waals surface area contributed by atoms with Crippen LogP contribution < -0.4 is 5.32 Å². The van der Waals surface area contributed by atoms with Crippen molar-refractivity contribution in [1.82, 2.24) is 15.1 Å². The highest BCUT2D eigenvalue weighted by molar-refractivity contribution is 14.0. The molecule has 0 saturated carbocycles. The van der Waals surface area contributed by atoms with Crippen LogP contribution in [0.25, 0.3) is 0 Å². The molecule has 0 spiro atoms. The number of nitrogens with one attached hydrogen (secondary N) is 1. The van der Waals surface area contributed by atoms with E-state index in [-0.39, 0.29) is 29.5 Å². The molecular formula is C17H35IN4. The molecule has 130 valence electrons. The van der Waals surface area contributed by atoms with Gasteiger partial charge in [0, 0.05) is 30.1 Å². The second-order valence-electron chi connectivity index (χ2n) is 7.65. The van der Waals surface area contributed by atoms with Gasteiger partial charge in [0.25, 0.3) is 0 Å². The Morgan fingerprint density at radius 1 is 1.23 bits per heavy atom. The summed E-state index contributed by atoms with van der Waals surface area (Å²) < 4.78 is 0. The number of halogens is 1. The maximum absolute atomic E-state index is 4.97. The van der Waals surface area contributed by atoms with Crippen LogP contribution in [0.5, 0.6) is 0 Å². The second-order valence-corrected chi connectivity index (χ2v) is 7.65. The van der Waals surface area contributed by atoms with Gasteiger partial charge < -0.3 is 10.2 Å². The number of likely N-dealkylation sites (N-methyl/N-ethyl adjacent to an activating group) is 1. The lowest BCUT2D eigenvalue weighted by atomic mass is 9.65. The molecule has 2 fully saturated rings. The summed E-state index contributed by atoms with van der Waals surface area (Å²) in [5, 5.41) is 3.49. The summed E-state index contributed by atoms with van der Waals surface area (Å²) in [7, 11) is 0. The summed E-state index contributed by atoms with van der Waals surface area (Å²) in [6.45, 7) is 19.1. The number of aliphatic imine (C=N–C) groups is 1. The summed E-state index contributed by atoms with van der Waals surface area (Å²) in [5.41, 5.74) is 0.528. The van der Waals surface area contributed by atoms with E-state index in [0.29, 0.717) is 11.5 Å². The molecular weight excluding hydrogens is 387 g/mol. The smallest absolute Gasteiger partial charge is 0.194 e. The summed E-state index contributed by atoms with van der Waals surface area (Å²) in [4.78, 5) is 9.98. The molecule has 2 heterocycles. The Balaban J connectivity index is 0.00000242. The molecule has 0 aromatic carbocycles. The maximum Gasteiger partial charge on any atom is 0.194 e. The van der Waals surface area contributed by atoms with Crippen molar-refractivity contribution < 1.29 is 0 Å². The van der Waals surface area contributed by atoms with Crippen molar-refractivity contribution in [3.63, 3.8) is 0 Å². The molecule has 0 radical (unpaired) electrons. The number of likely N-dealkylation sites (tertiary alicyclic amines) is 2. The fourth-order valence-corrected chi connectivity index (χ4v) is 3.50. The average Bonchev–Trinajstić information content (AvgIpc) is 2.88. The molecule has 1 unspecified atom stereocenters. The van der Waals surface area contributed by atoms with Crippen LogP contribution in [0.1, 0.15) is 54.4 Å². The van der Waals surface area contributed by atoms with Gasteiger partial charge in [-0.25, -0.2) is 0 Å². The van der Waals surface area contributed by atoms with Crippen LogP contribution in [0.3, 0.4) is 0 Å². The Hall–Kier alpha value is -0.0400. The van der Waals surface area contributed by atoms with Crippen LogP contribution in [0.15, 0.2) is 4.99 Å². The lowest BCUT2D eigenvalue weighted by Gasteiger charge is -2.62. The maximum atomic E-state index is 4.97. The first kappa shape index (κ1) is 20.0. The van der Waals surface area contributed by atoms with E-state index in [1.807, 2.05) is 0 Å². The molecule has 0 amide bonds. The summed E-state index contributed by atoms with van der Waals surface area (Å²) in [6, 6.07) is 0.640. The van der Waals surface area contributed by atoms with Gasteiger partial charge in [-0.15, -0.1) is 24.0 Å². The standard InChI is InChI=1S/C17H34N4.HI/c1-7-18-15(21-13-16(3,4)17(21,5)6)19-12-14-10-9-11-20(14)8-2;/h14H,7-13H2,1-6H3,(H,18,19);1H. The molecule has 0 bridgehead atoms. The van der Waals surface area contributed by atoms with Gasteiger partial charge in [-0.1, -0.05) is 20.8 Å². The Bertz CT molecular complexity index is 392. The van der Waals surface area contributed by atoms with Crippen LogP contribution >= 0.6 is 24.0 Å². The van der Waals surface area contributed by atoms with Crippen molar-refractivity contribution in [3.05, 3.63) is 0 Å². The van der Waals surface area contributed by atoms with Gasteiger partial charge in [-0.05, 0) is 46.7 Å². The Morgan fingerprint density at radius 3 is 2.41 bits per heavy atom. The Labute approximate surface area is 154 Å². The van der Waals surface area contributed by atoms with Crippen LogP contribution in [0.4, 0.5) is 0 Å².